The van der Waals surface area contributed by atoms with Crippen molar-refractivity contribution in [1.29, 1.82) is 0 Å². The quantitative estimate of drug-likeness (QED) is 0.609. The Morgan fingerprint density at radius 1 is 0.963 bits per heavy atom. The van der Waals surface area contributed by atoms with Gasteiger partial charge in [0, 0.05) is 5.92 Å². The molecule has 0 aliphatic heterocycles. The first kappa shape index (κ1) is 21.3. The van der Waals surface area contributed by atoms with Crippen LogP contribution in [0.25, 0.3) is 11.0 Å². The van der Waals surface area contributed by atoms with Gasteiger partial charge in [-0.05, 0) is 29.7 Å². The molecule has 3 aromatic rings. The van der Waals surface area contributed by atoms with Gasteiger partial charge in [-0.25, -0.2) is 4.98 Å². The molecule has 0 aliphatic carbocycles. The number of ether oxygens (including phenoxy) is 1. The lowest BCUT2D eigenvalue weighted by atomic mass is 10.0. The minimum absolute atomic E-state index is 0. The van der Waals surface area contributed by atoms with Crippen molar-refractivity contribution in [3.63, 3.8) is 0 Å². The van der Waals surface area contributed by atoms with Crippen LogP contribution in [0.5, 0.6) is 5.75 Å². The van der Waals surface area contributed by atoms with Gasteiger partial charge < -0.3 is 14.4 Å². The van der Waals surface area contributed by atoms with Gasteiger partial charge in [0.05, 0.1) is 17.6 Å². The second-order valence-corrected chi connectivity index (χ2v) is 7.38. The van der Waals surface area contributed by atoms with Crippen LogP contribution >= 0.6 is 12.4 Å². The van der Waals surface area contributed by atoms with E-state index in [0.29, 0.717) is 12.5 Å². The van der Waals surface area contributed by atoms with Crippen molar-refractivity contribution in [1.82, 2.24) is 9.55 Å². The van der Waals surface area contributed by atoms with Crippen molar-refractivity contribution in [2.75, 3.05) is 6.61 Å². The number of hydrogen-bond donors (Lipinski definition) is 1. The first-order chi connectivity index (χ1) is 12.5. The molecule has 1 atom stereocenters. The molecular formula is C22H29ClN2O2. The molecule has 3 rings (SSSR count). The lowest BCUT2D eigenvalue weighted by molar-refractivity contribution is 0.0919. The SMILES string of the molecule is CC(C)c1ccccc1OCC(O)Cn1c(C(C)C)nc2ccccc21.Cl. The molecule has 0 bridgehead atoms. The number of halogens is 1. The first-order valence-electron chi connectivity index (χ1n) is 9.32. The molecule has 1 aromatic heterocycles. The van der Waals surface area contributed by atoms with Crippen molar-refractivity contribution < 1.29 is 9.84 Å². The molecule has 1 unspecified atom stereocenters. The van der Waals surface area contributed by atoms with Gasteiger partial charge in [0.25, 0.3) is 0 Å². The third-order valence-electron chi connectivity index (χ3n) is 4.57. The smallest absolute Gasteiger partial charge is 0.122 e. The van der Waals surface area contributed by atoms with Gasteiger partial charge in [-0.1, -0.05) is 58.0 Å². The fourth-order valence-corrected chi connectivity index (χ4v) is 3.27. The van der Waals surface area contributed by atoms with Gasteiger partial charge in [-0.15, -0.1) is 12.4 Å². The lowest BCUT2D eigenvalue weighted by Gasteiger charge is -2.19. The van der Waals surface area contributed by atoms with E-state index in [-0.39, 0.29) is 24.9 Å². The molecule has 1 heterocycles. The fourth-order valence-electron chi connectivity index (χ4n) is 3.27. The average Bonchev–Trinajstić information content (AvgIpc) is 2.99. The van der Waals surface area contributed by atoms with Gasteiger partial charge in [0.2, 0.25) is 0 Å². The van der Waals surface area contributed by atoms with E-state index in [4.69, 9.17) is 9.72 Å². The third-order valence-corrected chi connectivity index (χ3v) is 4.57. The number of aromatic nitrogens is 2. The number of nitrogens with zero attached hydrogens (tertiary/aromatic N) is 2. The van der Waals surface area contributed by atoms with Crippen molar-refractivity contribution in [2.45, 2.75) is 52.2 Å². The van der Waals surface area contributed by atoms with Gasteiger partial charge in [-0.2, -0.15) is 0 Å². The molecule has 146 valence electrons. The molecule has 0 saturated heterocycles. The average molecular weight is 389 g/mol. The summed E-state index contributed by atoms with van der Waals surface area (Å²) in [5.41, 5.74) is 3.18. The number of hydrogen-bond acceptors (Lipinski definition) is 3. The summed E-state index contributed by atoms with van der Waals surface area (Å²) in [5, 5.41) is 10.6. The number of aliphatic hydroxyl groups is 1. The van der Waals surface area contributed by atoms with E-state index in [1.165, 1.54) is 0 Å². The Bertz CT molecular complexity index is 874. The Balaban J connectivity index is 0.00000261. The van der Waals surface area contributed by atoms with Crippen LogP contribution in [0.15, 0.2) is 48.5 Å². The van der Waals surface area contributed by atoms with E-state index in [9.17, 15) is 5.11 Å². The summed E-state index contributed by atoms with van der Waals surface area (Å²) in [5.74, 6) is 2.51. The second kappa shape index (κ2) is 9.25. The molecule has 5 heteroatoms. The molecule has 4 nitrogen and oxygen atoms in total. The monoisotopic (exact) mass is 388 g/mol. The number of aliphatic hydroxyl groups excluding tert-OH is 1. The molecule has 27 heavy (non-hydrogen) atoms. The van der Waals surface area contributed by atoms with E-state index in [1.807, 2.05) is 36.4 Å². The molecule has 1 N–H and O–H groups in total. The first-order valence-corrected chi connectivity index (χ1v) is 9.32. The lowest BCUT2D eigenvalue weighted by Crippen LogP contribution is -2.25. The highest BCUT2D eigenvalue weighted by Gasteiger charge is 2.17. The zero-order valence-electron chi connectivity index (χ0n) is 16.4. The molecule has 0 saturated carbocycles. The van der Waals surface area contributed by atoms with Crippen LogP contribution < -0.4 is 4.74 Å². The van der Waals surface area contributed by atoms with Crippen LogP contribution in [0, 0.1) is 0 Å². The number of rotatable bonds is 7. The summed E-state index contributed by atoms with van der Waals surface area (Å²) >= 11 is 0. The van der Waals surface area contributed by atoms with E-state index >= 15 is 0 Å². The molecule has 0 spiro atoms. The highest BCUT2D eigenvalue weighted by Crippen LogP contribution is 2.26. The summed E-state index contributed by atoms with van der Waals surface area (Å²) in [6.07, 6.45) is -0.606. The maximum atomic E-state index is 10.6. The van der Waals surface area contributed by atoms with Crippen LogP contribution in [0.2, 0.25) is 0 Å². The molecule has 0 amide bonds. The predicted octanol–water partition coefficient (Wildman–Crippen LogP) is 5.14. The molecular weight excluding hydrogens is 360 g/mol. The normalized spacial score (nSPS) is 12.4. The Hall–Kier alpha value is -2.04. The van der Waals surface area contributed by atoms with Crippen molar-refractivity contribution >= 4 is 23.4 Å². The Kier molecular flexibility index (Phi) is 7.28. The van der Waals surface area contributed by atoms with Gasteiger partial charge in [-0.3, -0.25) is 0 Å². The second-order valence-electron chi connectivity index (χ2n) is 7.38. The van der Waals surface area contributed by atoms with Crippen molar-refractivity contribution in [3.05, 3.63) is 59.9 Å². The third kappa shape index (κ3) is 4.82. The summed E-state index contributed by atoms with van der Waals surface area (Å²) in [6, 6.07) is 16.1. The van der Waals surface area contributed by atoms with Gasteiger partial charge in [0.1, 0.15) is 24.3 Å². The number of benzene rings is 2. The minimum Gasteiger partial charge on any atom is -0.491 e. The van der Waals surface area contributed by atoms with Gasteiger partial charge >= 0.3 is 0 Å². The molecule has 0 radical (unpaired) electrons. The maximum Gasteiger partial charge on any atom is 0.122 e. The summed E-state index contributed by atoms with van der Waals surface area (Å²) in [6.45, 7) is 9.26. The fraction of sp³-hybridized carbons (Fsp3) is 0.409. The predicted molar refractivity (Wildman–Crippen MR) is 113 cm³/mol. The topological polar surface area (TPSA) is 47.3 Å². The zero-order chi connectivity index (χ0) is 18.7. The van der Waals surface area contributed by atoms with Crippen molar-refractivity contribution in [3.8, 4) is 5.75 Å². The van der Waals surface area contributed by atoms with E-state index in [0.717, 1.165) is 28.2 Å². The standard InChI is InChI=1S/C22H28N2O2.ClH/c1-15(2)18-9-5-8-12-21(18)26-14-17(25)13-24-20-11-7-6-10-19(20)23-22(24)16(3)4;/h5-12,15-17,25H,13-14H2,1-4H3;1H. The highest BCUT2D eigenvalue weighted by atomic mass is 35.5. The van der Waals surface area contributed by atoms with Crippen LogP contribution in [-0.2, 0) is 6.54 Å². The summed E-state index contributed by atoms with van der Waals surface area (Å²) < 4.78 is 8.05. The number of para-hydroxylation sites is 3. The Morgan fingerprint density at radius 3 is 2.33 bits per heavy atom. The molecule has 0 aliphatic rings. The van der Waals surface area contributed by atoms with E-state index in [2.05, 4.69) is 44.4 Å². The molecule has 2 aromatic carbocycles. The summed E-state index contributed by atoms with van der Waals surface area (Å²) in [7, 11) is 0. The van der Waals surface area contributed by atoms with Crippen LogP contribution in [0.1, 0.15) is 50.9 Å². The van der Waals surface area contributed by atoms with E-state index < -0.39 is 6.10 Å². The Morgan fingerprint density at radius 2 is 1.63 bits per heavy atom. The maximum absolute atomic E-state index is 10.6. The Labute approximate surface area is 167 Å². The largest absolute Gasteiger partial charge is 0.491 e. The number of imidazole rings is 1. The minimum atomic E-state index is -0.606. The van der Waals surface area contributed by atoms with Crippen LogP contribution in [0.4, 0.5) is 0 Å². The van der Waals surface area contributed by atoms with Crippen LogP contribution in [0.3, 0.4) is 0 Å². The number of fused-ring (bicyclic) bond motifs is 1. The van der Waals surface area contributed by atoms with Gasteiger partial charge in [0.15, 0.2) is 0 Å². The van der Waals surface area contributed by atoms with Crippen molar-refractivity contribution in [2.24, 2.45) is 0 Å². The highest BCUT2D eigenvalue weighted by molar-refractivity contribution is 5.85. The molecule has 0 fully saturated rings. The zero-order valence-corrected chi connectivity index (χ0v) is 17.2. The van der Waals surface area contributed by atoms with E-state index in [1.54, 1.807) is 0 Å². The van der Waals surface area contributed by atoms with Crippen LogP contribution in [-0.4, -0.2) is 27.4 Å². The summed E-state index contributed by atoms with van der Waals surface area (Å²) in [4.78, 5) is 4.73.